The third kappa shape index (κ3) is 3.18. The average Bonchev–Trinajstić information content (AvgIpc) is 2.64. The van der Waals surface area contributed by atoms with E-state index in [-0.39, 0.29) is 12.3 Å². The van der Waals surface area contributed by atoms with Gasteiger partial charge in [-0.1, -0.05) is 13.3 Å². The average molecular weight is 159 g/mol. The first-order chi connectivity index (χ1) is 5.24. The van der Waals surface area contributed by atoms with Crippen molar-refractivity contribution >= 4 is 0 Å². The van der Waals surface area contributed by atoms with Gasteiger partial charge in [-0.25, -0.2) is 0 Å². The van der Waals surface area contributed by atoms with Gasteiger partial charge in [0.25, 0.3) is 0 Å². The molecule has 3 atom stereocenters. The molecular weight excluding hydrogens is 142 g/mol. The lowest BCUT2D eigenvalue weighted by Crippen LogP contribution is -2.28. The lowest BCUT2D eigenvalue weighted by Gasteiger charge is -2.02. The van der Waals surface area contributed by atoms with Gasteiger partial charge in [0.1, 0.15) is 6.23 Å². The van der Waals surface area contributed by atoms with E-state index < -0.39 is 0 Å². The number of hydrogen-bond donors (Lipinski definition) is 2. The van der Waals surface area contributed by atoms with Gasteiger partial charge in [-0.05, 0) is 13.3 Å². The summed E-state index contributed by atoms with van der Waals surface area (Å²) in [4.78, 5) is 0. The van der Waals surface area contributed by atoms with Crippen LogP contribution in [0.2, 0.25) is 0 Å². The Morgan fingerprint density at radius 3 is 2.91 bits per heavy atom. The number of hydrogen-bond acceptors (Lipinski definition) is 3. The molecule has 3 unspecified atom stereocenters. The molecule has 0 spiro atoms. The third-order valence-electron chi connectivity index (χ3n) is 1.77. The summed E-state index contributed by atoms with van der Waals surface area (Å²) in [6.07, 6.45) is 2.62. The minimum absolute atomic E-state index is 0.213. The van der Waals surface area contributed by atoms with Crippen LogP contribution < -0.4 is 5.32 Å². The van der Waals surface area contributed by atoms with Crippen LogP contribution in [0.5, 0.6) is 0 Å². The first-order valence-electron chi connectivity index (χ1n) is 4.31. The Labute approximate surface area is 67.7 Å². The molecule has 1 aliphatic rings. The highest BCUT2D eigenvalue weighted by molar-refractivity contribution is 4.82. The molecule has 0 amide bonds. The van der Waals surface area contributed by atoms with E-state index in [1.807, 2.05) is 0 Å². The highest BCUT2D eigenvalue weighted by Gasteiger charge is 2.37. The molecule has 3 heteroatoms. The van der Waals surface area contributed by atoms with Gasteiger partial charge >= 0.3 is 0 Å². The van der Waals surface area contributed by atoms with Gasteiger partial charge in [0.05, 0.1) is 12.2 Å². The van der Waals surface area contributed by atoms with Crippen molar-refractivity contribution in [1.29, 1.82) is 0 Å². The van der Waals surface area contributed by atoms with Crippen LogP contribution in [0.1, 0.15) is 26.7 Å². The monoisotopic (exact) mass is 159 g/mol. The minimum Gasteiger partial charge on any atom is -0.392 e. The summed E-state index contributed by atoms with van der Waals surface area (Å²) in [5, 5.41) is 12.0. The van der Waals surface area contributed by atoms with Gasteiger partial charge in [-0.3, -0.25) is 5.32 Å². The molecule has 0 aliphatic carbocycles. The fraction of sp³-hybridized carbons (Fsp3) is 1.00. The molecule has 0 saturated carbocycles. The molecule has 2 N–H and O–H groups in total. The summed E-state index contributed by atoms with van der Waals surface area (Å²) in [5.41, 5.74) is 0. The Morgan fingerprint density at radius 1 is 1.64 bits per heavy atom. The van der Waals surface area contributed by atoms with E-state index in [4.69, 9.17) is 9.84 Å². The van der Waals surface area contributed by atoms with E-state index in [1.165, 1.54) is 0 Å². The smallest absolute Gasteiger partial charge is 0.135 e. The second-order valence-electron chi connectivity index (χ2n) is 3.14. The Balaban J connectivity index is 1.95. The standard InChI is InChI=1S/C8H17NO2/c1-3-4-7-8(11-7)9-5-6(2)10/h6-10H,3-5H2,1-2H3. The maximum atomic E-state index is 8.93. The fourth-order valence-corrected chi connectivity index (χ4v) is 1.11. The maximum Gasteiger partial charge on any atom is 0.135 e. The number of epoxide rings is 1. The van der Waals surface area contributed by atoms with Crippen molar-refractivity contribution in [3.8, 4) is 0 Å². The summed E-state index contributed by atoms with van der Waals surface area (Å²) in [6, 6.07) is 0. The third-order valence-corrected chi connectivity index (χ3v) is 1.77. The topological polar surface area (TPSA) is 44.8 Å². The molecular formula is C8H17NO2. The lowest BCUT2D eigenvalue weighted by molar-refractivity contribution is 0.183. The van der Waals surface area contributed by atoms with E-state index >= 15 is 0 Å². The van der Waals surface area contributed by atoms with Gasteiger partial charge in [0.2, 0.25) is 0 Å². The summed E-state index contributed by atoms with van der Waals surface area (Å²) in [6.45, 7) is 4.54. The molecule has 1 heterocycles. The molecule has 0 aromatic heterocycles. The van der Waals surface area contributed by atoms with Gasteiger partial charge < -0.3 is 9.84 Å². The van der Waals surface area contributed by atoms with Crippen molar-refractivity contribution in [2.24, 2.45) is 0 Å². The first-order valence-corrected chi connectivity index (χ1v) is 4.31. The SMILES string of the molecule is CCCC1OC1NCC(C)O. The van der Waals surface area contributed by atoms with Crippen LogP contribution >= 0.6 is 0 Å². The van der Waals surface area contributed by atoms with Crippen molar-refractivity contribution in [3.05, 3.63) is 0 Å². The zero-order valence-electron chi connectivity index (χ0n) is 7.21. The molecule has 0 radical (unpaired) electrons. The van der Waals surface area contributed by atoms with E-state index in [0.717, 1.165) is 12.8 Å². The lowest BCUT2D eigenvalue weighted by atomic mass is 10.2. The van der Waals surface area contributed by atoms with Crippen molar-refractivity contribution in [3.63, 3.8) is 0 Å². The van der Waals surface area contributed by atoms with Crippen LogP contribution in [-0.4, -0.2) is 30.1 Å². The number of ether oxygens (including phenoxy) is 1. The summed E-state index contributed by atoms with van der Waals surface area (Å²) in [7, 11) is 0. The van der Waals surface area contributed by atoms with Crippen LogP contribution in [0.15, 0.2) is 0 Å². The largest absolute Gasteiger partial charge is 0.392 e. The number of aliphatic hydroxyl groups excluding tert-OH is 1. The molecule has 1 saturated heterocycles. The fourth-order valence-electron chi connectivity index (χ4n) is 1.11. The van der Waals surface area contributed by atoms with Gasteiger partial charge in [0, 0.05) is 6.54 Å². The van der Waals surface area contributed by atoms with Crippen molar-refractivity contribution in [2.45, 2.75) is 45.1 Å². The maximum absolute atomic E-state index is 8.93. The Morgan fingerprint density at radius 2 is 2.36 bits per heavy atom. The molecule has 0 aromatic rings. The van der Waals surface area contributed by atoms with Crippen molar-refractivity contribution < 1.29 is 9.84 Å². The molecule has 66 valence electrons. The first kappa shape index (κ1) is 8.97. The quantitative estimate of drug-likeness (QED) is 0.573. The van der Waals surface area contributed by atoms with Crippen LogP contribution in [-0.2, 0) is 4.74 Å². The van der Waals surface area contributed by atoms with Crippen LogP contribution in [0, 0.1) is 0 Å². The van der Waals surface area contributed by atoms with Crippen molar-refractivity contribution in [1.82, 2.24) is 5.32 Å². The number of aliphatic hydroxyl groups is 1. The molecule has 0 aromatic carbocycles. The molecule has 0 bridgehead atoms. The van der Waals surface area contributed by atoms with Crippen LogP contribution in [0.3, 0.4) is 0 Å². The summed E-state index contributed by atoms with van der Waals surface area (Å²) >= 11 is 0. The van der Waals surface area contributed by atoms with Gasteiger partial charge in [-0.2, -0.15) is 0 Å². The van der Waals surface area contributed by atoms with Gasteiger partial charge in [-0.15, -0.1) is 0 Å². The van der Waals surface area contributed by atoms with E-state index in [0.29, 0.717) is 12.6 Å². The van der Waals surface area contributed by atoms with E-state index in [1.54, 1.807) is 6.92 Å². The highest BCUT2D eigenvalue weighted by atomic mass is 16.6. The Kier molecular flexibility index (Phi) is 3.30. The highest BCUT2D eigenvalue weighted by Crippen LogP contribution is 2.23. The predicted octanol–water partition coefficient (Wildman–Crippen LogP) is 0.482. The molecule has 11 heavy (non-hydrogen) atoms. The zero-order chi connectivity index (χ0) is 8.27. The second kappa shape index (κ2) is 4.04. The summed E-state index contributed by atoms with van der Waals surface area (Å²) < 4.78 is 5.29. The van der Waals surface area contributed by atoms with Gasteiger partial charge in [0.15, 0.2) is 0 Å². The normalized spacial score (nSPS) is 31.9. The Hall–Kier alpha value is -0.120. The predicted molar refractivity (Wildman–Crippen MR) is 43.3 cm³/mol. The van der Waals surface area contributed by atoms with Crippen LogP contribution in [0.25, 0.3) is 0 Å². The van der Waals surface area contributed by atoms with E-state index in [2.05, 4.69) is 12.2 Å². The molecule has 1 fully saturated rings. The Bertz CT molecular complexity index is 117. The number of nitrogens with one attached hydrogen (secondary N) is 1. The molecule has 3 nitrogen and oxygen atoms in total. The molecule has 1 rings (SSSR count). The molecule has 1 aliphatic heterocycles. The van der Waals surface area contributed by atoms with Crippen LogP contribution in [0.4, 0.5) is 0 Å². The summed E-state index contributed by atoms with van der Waals surface area (Å²) in [5.74, 6) is 0. The van der Waals surface area contributed by atoms with E-state index in [9.17, 15) is 0 Å². The zero-order valence-corrected chi connectivity index (χ0v) is 7.21. The van der Waals surface area contributed by atoms with Crippen molar-refractivity contribution in [2.75, 3.05) is 6.54 Å². The second-order valence-corrected chi connectivity index (χ2v) is 3.14. The minimum atomic E-state index is -0.276. The number of rotatable bonds is 5.